The van der Waals surface area contributed by atoms with Crippen LogP contribution in [0.5, 0.6) is 0 Å². The van der Waals surface area contributed by atoms with E-state index in [0.717, 1.165) is 51.1 Å². The van der Waals surface area contributed by atoms with Crippen molar-refractivity contribution in [3.8, 4) is 11.4 Å². The van der Waals surface area contributed by atoms with E-state index in [1.165, 1.54) is 5.56 Å². The van der Waals surface area contributed by atoms with Crippen LogP contribution < -0.4 is 5.32 Å². The average molecular weight is 371 g/mol. The van der Waals surface area contributed by atoms with Crippen molar-refractivity contribution in [1.29, 1.82) is 0 Å². The summed E-state index contributed by atoms with van der Waals surface area (Å²) in [6, 6.07) is 8.11. The number of nitrogens with one attached hydrogen (secondary N) is 1. The molecule has 2 heterocycles. The quantitative estimate of drug-likeness (QED) is 0.716. The lowest BCUT2D eigenvalue weighted by Gasteiger charge is -2.33. The first kappa shape index (κ1) is 19.5. The highest BCUT2D eigenvalue weighted by Crippen LogP contribution is 2.17. The second-order valence-electron chi connectivity index (χ2n) is 7.13. The van der Waals surface area contributed by atoms with Crippen molar-refractivity contribution < 1.29 is 9.32 Å². The van der Waals surface area contributed by atoms with E-state index in [-0.39, 0.29) is 5.91 Å². The van der Waals surface area contributed by atoms with Gasteiger partial charge < -0.3 is 9.84 Å². The van der Waals surface area contributed by atoms with Crippen molar-refractivity contribution in [1.82, 2.24) is 25.3 Å². The van der Waals surface area contributed by atoms with Crippen LogP contribution in [0.4, 0.5) is 0 Å². The highest BCUT2D eigenvalue weighted by molar-refractivity contribution is 5.77. The van der Waals surface area contributed by atoms with Crippen LogP contribution in [-0.4, -0.2) is 65.1 Å². The number of aryl methyl sites for hydroxylation is 1. The molecule has 2 aromatic rings. The minimum Gasteiger partial charge on any atom is -0.355 e. The predicted octanol–water partition coefficient (Wildman–Crippen LogP) is 2.08. The second-order valence-corrected chi connectivity index (χ2v) is 7.13. The Labute approximate surface area is 160 Å². The lowest BCUT2D eigenvalue weighted by molar-refractivity contribution is -0.122. The summed E-state index contributed by atoms with van der Waals surface area (Å²) in [5, 5.41) is 7.07. The standard InChI is InChI=1S/C20H29N5O2/c1-3-4-9-21-18(26)14-24-10-12-25(13-11-24)15-19-22-20(23-27-19)17-7-5-16(2)6-8-17/h5-8H,3-4,9-15H2,1-2H3,(H,21,26). The molecule has 27 heavy (non-hydrogen) atoms. The van der Waals surface area contributed by atoms with Crippen LogP contribution in [0, 0.1) is 6.92 Å². The fraction of sp³-hybridized carbons (Fsp3) is 0.550. The lowest BCUT2D eigenvalue weighted by atomic mass is 10.1. The topological polar surface area (TPSA) is 74.5 Å². The van der Waals surface area contributed by atoms with Gasteiger partial charge in [0.05, 0.1) is 13.1 Å². The summed E-state index contributed by atoms with van der Waals surface area (Å²) < 4.78 is 5.42. The van der Waals surface area contributed by atoms with E-state index in [1.54, 1.807) is 0 Å². The van der Waals surface area contributed by atoms with Crippen LogP contribution in [0.25, 0.3) is 11.4 Å². The van der Waals surface area contributed by atoms with Gasteiger partial charge in [-0.2, -0.15) is 4.98 Å². The Hall–Kier alpha value is -2.25. The van der Waals surface area contributed by atoms with Gasteiger partial charge in [0.1, 0.15) is 0 Å². The summed E-state index contributed by atoms with van der Waals surface area (Å²) in [5.74, 6) is 1.39. The fourth-order valence-corrected chi connectivity index (χ4v) is 3.10. The number of carbonyl (C=O) groups is 1. The minimum atomic E-state index is 0.122. The van der Waals surface area contributed by atoms with Gasteiger partial charge in [0.25, 0.3) is 0 Å². The van der Waals surface area contributed by atoms with Crippen molar-refractivity contribution in [2.45, 2.75) is 33.2 Å². The monoisotopic (exact) mass is 371 g/mol. The molecule has 1 aromatic carbocycles. The number of rotatable bonds is 8. The van der Waals surface area contributed by atoms with E-state index < -0.39 is 0 Å². The number of carbonyl (C=O) groups excluding carboxylic acids is 1. The van der Waals surface area contributed by atoms with Crippen LogP contribution in [0.3, 0.4) is 0 Å². The molecule has 0 atom stereocenters. The Balaban J connectivity index is 1.43. The first-order valence-electron chi connectivity index (χ1n) is 9.75. The molecular weight excluding hydrogens is 342 g/mol. The minimum absolute atomic E-state index is 0.122. The number of piperazine rings is 1. The number of unbranched alkanes of at least 4 members (excludes halogenated alkanes) is 1. The van der Waals surface area contributed by atoms with Crippen molar-refractivity contribution in [2.75, 3.05) is 39.3 Å². The van der Waals surface area contributed by atoms with E-state index in [2.05, 4.69) is 39.1 Å². The van der Waals surface area contributed by atoms with Gasteiger partial charge in [-0.15, -0.1) is 0 Å². The first-order valence-corrected chi connectivity index (χ1v) is 9.75. The van der Waals surface area contributed by atoms with E-state index in [4.69, 9.17) is 4.52 Å². The van der Waals surface area contributed by atoms with Gasteiger partial charge in [0.15, 0.2) is 0 Å². The summed E-state index contributed by atoms with van der Waals surface area (Å²) >= 11 is 0. The van der Waals surface area contributed by atoms with Gasteiger partial charge in [0, 0.05) is 38.3 Å². The van der Waals surface area contributed by atoms with Crippen LogP contribution in [0.2, 0.25) is 0 Å². The summed E-state index contributed by atoms with van der Waals surface area (Å²) in [6.45, 7) is 9.62. The van der Waals surface area contributed by atoms with Gasteiger partial charge in [-0.3, -0.25) is 14.6 Å². The van der Waals surface area contributed by atoms with E-state index in [0.29, 0.717) is 24.8 Å². The Morgan fingerprint density at radius 1 is 1.15 bits per heavy atom. The van der Waals surface area contributed by atoms with Crippen molar-refractivity contribution >= 4 is 5.91 Å². The number of nitrogens with zero attached hydrogens (tertiary/aromatic N) is 4. The molecule has 1 aliphatic rings. The Bertz CT molecular complexity index is 720. The maximum Gasteiger partial charge on any atom is 0.241 e. The van der Waals surface area contributed by atoms with Gasteiger partial charge in [-0.1, -0.05) is 48.3 Å². The molecule has 0 unspecified atom stereocenters. The number of aromatic nitrogens is 2. The molecule has 7 heteroatoms. The number of benzene rings is 1. The maximum atomic E-state index is 11.9. The highest BCUT2D eigenvalue weighted by Gasteiger charge is 2.20. The molecule has 3 rings (SSSR count). The normalized spacial score (nSPS) is 15.8. The molecule has 0 aliphatic carbocycles. The molecule has 146 valence electrons. The van der Waals surface area contributed by atoms with Crippen LogP contribution in [0.15, 0.2) is 28.8 Å². The van der Waals surface area contributed by atoms with Crippen LogP contribution in [-0.2, 0) is 11.3 Å². The lowest BCUT2D eigenvalue weighted by Crippen LogP contribution is -2.49. The molecule has 7 nitrogen and oxygen atoms in total. The number of hydrogen-bond acceptors (Lipinski definition) is 6. The van der Waals surface area contributed by atoms with Crippen molar-refractivity contribution in [2.24, 2.45) is 0 Å². The average Bonchev–Trinajstić information content (AvgIpc) is 3.13. The van der Waals surface area contributed by atoms with Crippen molar-refractivity contribution in [3.05, 3.63) is 35.7 Å². The van der Waals surface area contributed by atoms with Gasteiger partial charge >= 0.3 is 0 Å². The molecular formula is C20H29N5O2. The van der Waals surface area contributed by atoms with Gasteiger partial charge in [0.2, 0.25) is 17.6 Å². The molecule has 0 radical (unpaired) electrons. The molecule has 1 N–H and O–H groups in total. The highest BCUT2D eigenvalue weighted by atomic mass is 16.5. The maximum absolute atomic E-state index is 11.9. The van der Waals surface area contributed by atoms with E-state index >= 15 is 0 Å². The Morgan fingerprint density at radius 2 is 1.85 bits per heavy atom. The molecule has 1 amide bonds. The largest absolute Gasteiger partial charge is 0.355 e. The Kier molecular flexibility index (Phi) is 6.95. The van der Waals surface area contributed by atoms with E-state index in [9.17, 15) is 4.79 Å². The number of hydrogen-bond donors (Lipinski definition) is 1. The zero-order valence-electron chi connectivity index (χ0n) is 16.3. The van der Waals surface area contributed by atoms with Crippen molar-refractivity contribution in [3.63, 3.8) is 0 Å². The SMILES string of the molecule is CCCCNC(=O)CN1CCN(Cc2nc(-c3ccc(C)cc3)no2)CC1. The zero-order chi connectivity index (χ0) is 19.1. The van der Waals surface area contributed by atoms with Gasteiger partial charge in [-0.05, 0) is 13.3 Å². The Morgan fingerprint density at radius 3 is 2.56 bits per heavy atom. The molecule has 1 aliphatic heterocycles. The number of amides is 1. The molecule has 0 bridgehead atoms. The summed E-state index contributed by atoms with van der Waals surface area (Å²) in [6.07, 6.45) is 2.13. The van der Waals surface area contributed by atoms with Crippen LogP contribution >= 0.6 is 0 Å². The molecule has 1 fully saturated rings. The second kappa shape index (κ2) is 9.62. The zero-order valence-corrected chi connectivity index (χ0v) is 16.3. The molecule has 1 aromatic heterocycles. The van der Waals surface area contributed by atoms with Gasteiger partial charge in [-0.25, -0.2) is 0 Å². The summed E-state index contributed by atoms with van der Waals surface area (Å²) in [4.78, 5) is 20.9. The molecule has 1 saturated heterocycles. The fourth-order valence-electron chi connectivity index (χ4n) is 3.10. The first-order chi connectivity index (χ1) is 13.1. The predicted molar refractivity (Wildman–Crippen MR) is 104 cm³/mol. The summed E-state index contributed by atoms with van der Waals surface area (Å²) in [5.41, 5.74) is 2.17. The third-order valence-corrected chi connectivity index (χ3v) is 4.82. The third-order valence-electron chi connectivity index (χ3n) is 4.82. The van der Waals surface area contributed by atoms with Crippen LogP contribution in [0.1, 0.15) is 31.2 Å². The summed E-state index contributed by atoms with van der Waals surface area (Å²) in [7, 11) is 0. The smallest absolute Gasteiger partial charge is 0.241 e. The molecule has 0 saturated carbocycles. The van der Waals surface area contributed by atoms with E-state index in [1.807, 2.05) is 24.3 Å². The molecule has 0 spiro atoms. The third kappa shape index (κ3) is 5.87.